The Bertz CT molecular complexity index is 898. The first kappa shape index (κ1) is 20.6. The molecule has 5 nitrogen and oxygen atoms in total. The summed E-state index contributed by atoms with van der Waals surface area (Å²) < 4.78 is 38.5. The van der Waals surface area contributed by atoms with E-state index in [0.29, 0.717) is 22.6 Å². The van der Waals surface area contributed by atoms with Gasteiger partial charge in [-0.3, -0.25) is 0 Å². The van der Waals surface area contributed by atoms with Gasteiger partial charge in [0.05, 0.1) is 5.56 Å². The molecule has 0 spiro atoms. The van der Waals surface area contributed by atoms with Gasteiger partial charge in [0.25, 0.3) is 0 Å². The normalized spacial score (nSPS) is 15.7. The Morgan fingerprint density at radius 3 is 2.17 bits per heavy atom. The molecule has 1 aliphatic heterocycles. The van der Waals surface area contributed by atoms with Crippen LogP contribution in [-0.2, 0) is 11.0 Å². The summed E-state index contributed by atoms with van der Waals surface area (Å²) >= 11 is 0. The van der Waals surface area contributed by atoms with Crippen molar-refractivity contribution in [1.82, 2.24) is 9.97 Å². The van der Waals surface area contributed by atoms with Gasteiger partial charge in [-0.2, -0.15) is 13.2 Å². The molecule has 0 bridgehead atoms. The summed E-state index contributed by atoms with van der Waals surface area (Å²) in [4.78, 5) is 21.7. The number of nitrogens with zero attached hydrogens (tertiary/aromatic N) is 3. The summed E-state index contributed by atoms with van der Waals surface area (Å²) in [5.74, 6) is -0.508. The maximum atomic E-state index is 12.8. The number of piperidine rings is 1. The Labute approximate surface area is 166 Å². The van der Waals surface area contributed by atoms with Gasteiger partial charge in [-0.05, 0) is 42.5 Å². The SMILES string of the molecule is O=C(O)C=CC=C(c1ccc(C(F)(F)F)cc1)c1cnc(N2CCCCC2)nc1. The van der Waals surface area contributed by atoms with Crippen molar-refractivity contribution >= 4 is 17.5 Å². The molecule has 152 valence electrons. The number of carboxylic acid groups (broad SMARTS) is 1. The lowest BCUT2D eigenvalue weighted by Crippen LogP contribution is -2.30. The molecule has 0 aliphatic carbocycles. The Kier molecular flexibility index (Phi) is 6.31. The minimum atomic E-state index is -4.43. The van der Waals surface area contributed by atoms with Crippen LogP contribution in [0.2, 0.25) is 0 Å². The number of carbonyl (C=O) groups is 1. The predicted molar refractivity (Wildman–Crippen MR) is 103 cm³/mol. The molecule has 0 atom stereocenters. The lowest BCUT2D eigenvalue weighted by molar-refractivity contribution is -0.137. The van der Waals surface area contributed by atoms with E-state index in [0.717, 1.165) is 44.1 Å². The molecular weight excluding hydrogens is 383 g/mol. The fourth-order valence-electron chi connectivity index (χ4n) is 3.14. The average molecular weight is 403 g/mol. The minimum Gasteiger partial charge on any atom is -0.478 e. The third-order valence-electron chi connectivity index (χ3n) is 4.61. The Morgan fingerprint density at radius 2 is 1.62 bits per heavy atom. The summed E-state index contributed by atoms with van der Waals surface area (Å²) in [6.45, 7) is 1.78. The highest BCUT2D eigenvalue weighted by atomic mass is 19.4. The van der Waals surface area contributed by atoms with Crippen molar-refractivity contribution in [1.29, 1.82) is 0 Å². The number of rotatable bonds is 5. The molecule has 3 rings (SSSR count). The molecule has 29 heavy (non-hydrogen) atoms. The molecule has 0 amide bonds. The third kappa shape index (κ3) is 5.43. The second-order valence-electron chi connectivity index (χ2n) is 6.67. The van der Waals surface area contributed by atoms with E-state index in [-0.39, 0.29) is 0 Å². The van der Waals surface area contributed by atoms with E-state index in [9.17, 15) is 18.0 Å². The molecule has 2 heterocycles. The number of halogens is 3. The lowest BCUT2D eigenvalue weighted by atomic mass is 9.98. The zero-order chi connectivity index (χ0) is 20.9. The van der Waals surface area contributed by atoms with Crippen LogP contribution in [0.4, 0.5) is 19.1 Å². The van der Waals surface area contributed by atoms with Crippen LogP contribution in [0.15, 0.2) is 54.9 Å². The number of aliphatic carboxylic acids is 1. The number of anilines is 1. The molecule has 1 aromatic heterocycles. The Morgan fingerprint density at radius 1 is 1.00 bits per heavy atom. The Hall–Kier alpha value is -3.16. The van der Waals surface area contributed by atoms with E-state index in [2.05, 4.69) is 14.9 Å². The molecule has 1 saturated heterocycles. The number of carboxylic acids is 1. The maximum Gasteiger partial charge on any atom is 0.416 e. The van der Waals surface area contributed by atoms with Gasteiger partial charge < -0.3 is 10.0 Å². The van der Waals surface area contributed by atoms with Crippen LogP contribution >= 0.6 is 0 Å². The highest BCUT2D eigenvalue weighted by Gasteiger charge is 2.30. The monoisotopic (exact) mass is 403 g/mol. The highest BCUT2D eigenvalue weighted by Crippen LogP contribution is 2.31. The standard InChI is InChI=1S/C21H20F3N3O2/c22-21(23,24)17-9-7-15(8-10-17)18(5-4-6-19(28)29)16-13-25-20(26-14-16)27-11-2-1-3-12-27/h4-10,13-14H,1-3,11-12H2,(H,28,29). The summed E-state index contributed by atoms with van der Waals surface area (Å²) in [5.41, 5.74) is 0.864. The summed E-state index contributed by atoms with van der Waals surface area (Å²) in [5, 5.41) is 8.80. The molecule has 1 fully saturated rings. The fourth-order valence-corrected chi connectivity index (χ4v) is 3.14. The van der Waals surface area contributed by atoms with Crippen LogP contribution in [-0.4, -0.2) is 34.1 Å². The number of alkyl halides is 3. The van der Waals surface area contributed by atoms with Gasteiger partial charge >= 0.3 is 12.1 Å². The van der Waals surface area contributed by atoms with E-state index in [1.807, 2.05) is 0 Å². The summed E-state index contributed by atoms with van der Waals surface area (Å²) in [6, 6.07) is 4.68. The first-order valence-corrected chi connectivity index (χ1v) is 9.21. The number of hydrogen-bond acceptors (Lipinski definition) is 4. The number of allylic oxidation sites excluding steroid dienone is 2. The molecule has 0 saturated carbocycles. The predicted octanol–water partition coefficient (Wildman–Crippen LogP) is 4.56. The first-order chi connectivity index (χ1) is 13.8. The van der Waals surface area contributed by atoms with E-state index in [1.54, 1.807) is 12.4 Å². The second-order valence-corrected chi connectivity index (χ2v) is 6.67. The molecular formula is C21H20F3N3O2. The van der Waals surface area contributed by atoms with Crippen LogP contribution in [0.5, 0.6) is 0 Å². The number of hydrogen-bond donors (Lipinski definition) is 1. The van der Waals surface area contributed by atoms with Gasteiger partial charge in [0.2, 0.25) is 5.95 Å². The van der Waals surface area contributed by atoms with Gasteiger partial charge in [-0.1, -0.05) is 24.3 Å². The summed E-state index contributed by atoms with van der Waals surface area (Å²) in [7, 11) is 0. The molecule has 1 N–H and O–H groups in total. The van der Waals surface area contributed by atoms with Crippen molar-refractivity contribution < 1.29 is 23.1 Å². The van der Waals surface area contributed by atoms with Gasteiger partial charge in [-0.15, -0.1) is 0 Å². The smallest absolute Gasteiger partial charge is 0.416 e. The number of aromatic nitrogens is 2. The first-order valence-electron chi connectivity index (χ1n) is 9.21. The minimum absolute atomic E-state index is 0.502. The van der Waals surface area contributed by atoms with Gasteiger partial charge in [0.15, 0.2) is 0 Å². The van der Waals surface area contributed by atoms with Crippen LogP contribution in [0.3, 0.4) is 0 Å². The van der Waals surface area contributed by atoms with Crippen molar-refractivity contribution in [3.05, 3.63) is 71.6 Å². The molecule has 8 heteroatoms. The zero-order valence-corrected chi connectivity index (χ0v) is 15.6. The molecule has 1 aliphatic rings. The topological polar surface area (TPSA) is 66.3 Å². The van der Waals surface area contributed by atoms with Crippen molar-refractivity contribution in [2.75, 3.05) is 18.0 Å². The molecule has 0 unspecified atom stereocenters. The van der Waals surface area contributed by atoms with Crippen molar-refractivity contribution in [3.8, 4) is 0 Å². The van der Waals surface area contributed by atoms with Crippen molar-refractivity contribution in [2.24, 2.45) is 0 Å². The zero-order valence-electron chi connectivity index (χ0n) is 15.6. The van der Waals surface area contributed by atoms with Crippen molar-refractivity contribution in [2.45, 2.75) is 25.4 Å². The lowest BCUT2D eigenvalue weighted by Gasteiger charge is -2.26. The van der Waals surface area contributed by atoms with Gasteiger partial charge in [0.1, 0.15) is 0 Å². The van der Waals surface area contributed by atoms with Crippen molar-refractivity contribution in [3.63, 3.8) is 0 Å². The summed E-state index contributed by atoms with van der Waals surface area (Å²) in [6.07, 6.45) is 5.95. The second kappa shape index (κ2) is 8.89. The maximum absolute atomic E-state index is 12.8. The van der Waals surface area contributed by atoms with Gasteiger partial charge in [-0.25, -0.2) is 14.8 Å². The highest BCUT2D eigenvalue weighted by molar-refractivity contribution is 5.83. The Balaban J connectivity index is 1.92. The largest absolute Gasteiger partial charge is 0.478 e. The molecule has 0 radical (unpaired) electrons. The van der Waals surface area contributed by atoms with Crippen LogP contribution < -0.4 is 4.90 Å². The van der Waals surface area contributed by atoms with Crippen LogP contribution in [0.1, 0.15) is 36.0 Å². The van der Waals surface area contributed by atoms with E-state index in [1.165, 1.54) is 30.7 Å². The van der Waals surface area contributed by atoms with E-state index >= 15 is 0 Å². The quantitative estimate of drug-likeness (QED) is 0.586. The average Bonchev–Trinajstić information content (AvgIpc) is 2.71. The number of benzene rings is 1. The molecule has 2 aromatic rings. The van der Waals surface area contributed by atoms with E-state index < -0.39 is 17.7 Å². The van der Waals surface area contributed by atoms with E-state index in [4.69, 9.17) is 5.11 Å². The fraction of sp³-hybridized carbons (Fsp3) is 0.286. The van der Waals surface area contributed by atoms with Crippen LogP contribution in [0.25, 0.3) is 5.57 Å². The molecule has 1 aromatic carbocycles. The van der Waals surface area contributed by atoms with Gasteiger partial charge in [0, 0.05) is 37.1 Å². The third-order valence-corrected chi connectivity index (χ3v) is 4.61. The van der Waals surface area contributed by atoms with Crippen LogP contribution in [0, 0.1) is 0 Å².